The highest BCUT2D eigenvalue weighted by molar-refractivity contribution is 6.35. The van der Waals surface area contributed by atoms with E-state index in [0.29, 0.717) is 39.5 Å². The number of likely N-dealkylation sites (tertiary alicyclic amines) is 1. The summed E-state index contributed by atoms with van der Waals surface area (Å²) >= 11 is 12.5. The highest BCUT2D eigenvalue weighted by Gasteiger charge is 2.37. The maximum atomic E-state index is 12.1. The van der Waals surface area contributed by atoms with Gasteiger partial charge in [0.25, 0.3) is 5.91 Å². The SMILES string of the molecule is CC(c1ccc(Cl)cc1Cl)n1nc(C(N)=O)c2ncc(N3CC(C4CCCN(CCCC(=O)O)C4)C3)nc21. The van der Waals surface area contributed by atoms with Crippen LogP contribution in [0.4, 0.5) is 5.82 Å². The predicted molar refractivity (Wildman–Crippen MR) is 146 cm³/mol. The molecule has 1 amide bonds. The van der Waals surface area contributed by atoms with E-state index in [4.69, 9.17) is 39.0 Å². The largest absolute Gasteiger partial charge is 0.481 e. The molecular formula is C26H31Cl2N7O3. The Morgan fingerprint density at radius 3 is 2.71 bits per heavy atom. The van der Waals surface area contributed by atoms with E-state index in [1.807, 2.05) is 13.0 Å². The topological polar surface area (TPSA) is 130 Å². The maximum absolute atomic E-state index is 12.1. The molecule has 10 nitrogen and oxygen atoms in total. The summed E-state index contributed by atoms with van der Waals surface area (Å²) in [5.74, 6) is 0.461. The molecule has 2 saturated heterocycles. The fraction of sp³-hybridized carbons (Fsp3) is 0.500. The number of halogens is 2. The van der Waals surface area contributed by atoms with Gasteiger partial charge in [-0.25, -0.2) is 14.6 Å². The maximum Gasteiger partial charge on any atom is 0.303 e. The van der Waals surface area contributed by atoms with Crippen molar-refractivity contribution in [3.05, 3.63) is 45.7 Å². The van der Waals surface area contributed by atoms with Gasteiger partial charge in [0, 0.05) is 36.1 Å². The summed E-state index contributed by atoms with van der Waals surface area (Å²) in [6.07, 6.45) is 4.91. The van der Waals surface area contributed by atoms with Crippen LogP contribution in [0.25, 0.3) is 11.2 Å². The molecule has 2 fully saturated rings. The van der Waals surface area contributed by atoms with E-state index in [-0.39, 0.29) is 18.2 Å². The van der Waals surface area contributed by atoms with E-state index < -0.39 is 11.9 Å². The molecule has 2 aromatic heterocycles. The summed E-state index contributed by atoms with van der Waals surface area (Å²) in [4.78, 5) is 37.0. The van der Waals surface area contributed by atoms with Gasteiger partial charge in [0.2, 0.25) is 0 Å². The zero-order chi connectivity index (χ0) is 27.0. The molecule has 0 aliphatic carbocycles. The zero-order valence-corrected chi connectivity index (χ0v) is 22.7. The summed E-state index contributed by atoms with van der Waals surface area (Å²) in [5.41, 5.74) is 7.30. The van der Waals surface area contributed by atoms with Gasteiger partial charge in [-0.2, -0.15) is 5.10 Å². The van der Waals surface area contributed by atoms with Gasteiger partial charge in [-0.05, 0) is 68.8 Å². The monoisotopic (exact) mass is 559 g/mol. The zero-order valence-electron chi connectivity index (χ0n) is 21.2. The lowest BCUT2D eigenvalue weighted by Crippen LogP contribution is -2.54. The Kier molecular flexibility index (Phi) is 7.74. The highest BCUT2D eigenvalue weighted by atomic mass is 35.5. The molecule has 12 heteroatoms. The number of hydrogen-bond donors (Lipinski definition) is 2. The first kappa shape index (κ1) is 26.6. The molecule has 38 heavy (non-hydrogen) atoms. The Morgan fingerprint density at radius 1 is 1.21 bits per heavy atom. The average molecular weight is 560 g/mol. The van der Waals surface area contributed by atoms with Crippen LogP contribution < -0.4 is 10.6 Å². The van der Waals surface area contributed by atoms with Crippen LogP contribution in [0.3, 0.4) is 0 Å². The van der Waals surface area contributed by atoms with Crippen LogP contribution in [-0.2, 0) is 4.79 Å². The quantitative estimate of drug-likeness (QED) is 0.404. The van der Waals surface area contributed by atoms with Gasteiger partial charge in [0.1, 0.15) is 11.3 Å². The summed E-state index contributed by atoms with van der Waals surface area (Å²) < 4.78 is 1.65. The third kappa shape index (κ3) is 5.43. The van der Waals surface area contributed by atoms with Crippen molar-refractivity contribution >= 4 is 52.1 Å². The number of carboxylic acids is 1. The van der Waals surface area contributed by atoms with E-state index >= 15 is 0 Å². The number of nitrogens with zero attached hydrogens (tertiary/aromatic N) is 6. The Bertz CT molecular complexity index is 1360. The molecular weight excluding hydrogens is 529 g/mol. The van der Waals surface area contributed by atoms with Gasteiger partial charge in [-0.15, -0.1) is 0 Å². The first-order valence-electron chi connectivity index (χ1n) is 12.9. The van der Waals surface area contributed by atoms with Crippen molar-refractivity contribution < 1.29 is 14.7 Å². The third-order valence-electron chi connectivity index (χ3n) is 7.71. The van der Waals surface area contributed by atoms with Crippen molar-refractivity contribution in [2.75, 3.05) is 37.6 Å². The van der Waals surface area contributed by atoms with E-state index in [0.717, 1.165) is 50.5 Å². The average Bonchev–Trinajstić information content (AvgIpc) is 3.22. The van der Waals surface area contributed by atoms with Crippen LogP contribution in [-0.4, -0.2) is 74.4 Å². The molecule has 0 spiro atoms. The molecule has 4 heterocycles. The van der Waals surface area contributed by atoms with E-state index in [1.165, 1.54) is 6.42 Å². The molecule has 1 aromatic carbocycles. The fourth-order valence-electron chi connectivity index (χ4n) is 5.59. The summed E-state index contributed by atoms with van der Waals surface area (Å²) in [7, 11) is 0. The van der Waals surface area contributed by atoms with Gasteiger partial charge < -0.3 is 20.6 Å². The van der Waals surface area contributed by atoms with Gasteiger partial charge in [0.15, 0.2) is 11.3 Å². The summed E-state index contributed by atoms with van der Waals surface area (Å²) in [6, 6.07) is 4.93. The van der Waals surface area contributed by atoms with E-state index in [9.17, 15) is 9.59 Å². The van der Waals surface area contributed by atoms with Crippen LogP contribution >= 0.6 is 23.2 Å². The van der Waals surface area contributed by atoms with Crippen LogP contribution in [0.5, 0.6) is 0 Å². The van der Waals surface area contributed by atoms with Crippen LogP contribution in [0.2, 0.25) is 10.0 Å². The van der Waals surface area contributed by atoms with Gasteiger partial charge in [-0.3, -0.25) is 9.59 Å². The van der Waals surface area contributed by atoms with Crippen LogP contribution in [0.1, 0.15) is 54.7 Å². The molecule has 2 aliphatic heterocycles. The molecule has 5 rings (SSSR count). The normalized spacial score (nSPS) is 19.4. The first-order chi connectivity index (χ1) is 18.2. The molecule has 2 atom stereocenters. The minimum absolute atomic E-state index is 0.0719. The predicted octanol–water partition coefficient (Wildman–Crippen LogP) is 3.85. The lowest BCUT2D eigenvalue weighted by Gasteiger charge is -2.47. The Labute approximate surface area is 230 Å². The lowest BCUT2D eigenvalue weighted by atomic mass is 9.80. The minimum Gasteiger partial charge on any atom is -0.481 e. The van der Waals surface area contributed by atoms with Gasteiger partial charge in [0.05, 0.1) is 12.2 Å². The van der Waals surface area contributed by atoms with Gasteiger partial charge >= 0.3 is 5.97 Å². The number of hydrogen-bond acceptors (Lipinski definition) is 7. The number of aliphatic carboxylic acids is 1. The number of anilines is 1. The number of benzene rings is 1. The molecule has 3 aromatic rings. The molecule has 202 valence electrons. The number of piperidine rings is 1. The van der Waals surface area contributed by atoms with Crippen molar-refractivity contribution in [1.29, 1.82) is 0 Å². The van der Waals surface area contributed by atoms with E-state index in [2.05, 4.69) is 19.9 Å². The second-order valence-electron chi connectivity index (χ2n) is 10.3. The molecule has 3 N–H and O–H groups in total. The number of amides is 1. The number of rotatable bonds is 9. The Hall–Kier alpha value is -2.95. The third-order valence-corrected chi connectivity index (χ3v) is 8.27. The molecule has 2 unspecified atom stereocenters. The van der Waals surface area contributed by atoms with Gasteiger partial charge in [-0.1, -0.05) is 29.3 Å². The number of fused-ring (bicyclic) bond motifs is 1. The van der Waals surface area contributed by atoms with Crippen molar-refractivity contribution in [3.8, 4) is 0 Å². The van der Waals surface area contributed by atoms with Crippen LogP contribution in [0.15, 0.2) is 24.4 Å². The number of primary amides is 1. The van der Waals surface area contributed by atoms with Crippen molar-refractivity contribution in [1.82, 2.24) is 24.6 Å². The van der Waals surface area contributed by atoms with Crippen LogP contribution in [0, 0.1) is 11.8 Å². The number of aromatic nitrogens is 4. The summed E-state index contributed by atoms with van der Waals surface area (Å²) in [5, 5.41) is 14.4. The van der Waals surface area contributed by atoms with Crippen molar-refractivity contribution in [2.24, 2.45) is 17.6 Å². The Balaban J connectivity index is 1.32. The van der Waals surface area contributed by atoms with Crippen molar-refractivity contribution in [3.63, 3.8) is 0 Å². The summed E-state index contributed by atoms with van der Waals surface area (Å²) in [6.45, 7) is 6.56. The number of nitrogens with two attached hydrogens (primary N) is 1. The number of carbonyl (C=O) groups is 2. The second-order valence-corrected chi connectivity index (χ2v) is 11.1. The smallest absolute Gasteiger partial charge is 0.303 e. The second kappa shape index (κ2) is 11.0. The molecule has 0 bridgehead atoms. The molecule has 0 radical (unpaired) electrons. The Morgan fingerprint density at radius 2 is 2.00 bits per heavy atom. The fourth-order valence-corrected chi connectivity index (χ4v) is 6.16. The minimum atomic E-state index is -0.735. The standard InChI is InChI=1S/C26H31Cl2N7O3/c1-15(19-7-6-18(27)10-20(19)28)35-26-24(23(32-35)25(29)38)30-11-21(31-26)34-13-17(14-34)16-4-2-8-33(12-16)9-3-5-22(36)37/h6-7,10-11,15-17H,2-5,8-9,12-14H2,1H3,(H2,29,38)(H,36,37). The highest BCUT2D eigenvalue weighted by Crippen LogP contribution is 2.35. The number of carbonyl (C=O) groups excluding carboxylic acids is 1. The molecule has 2 aliphatic rings. The van der Waals surface area contributed by atoms with E-state index in [1.54, 1.807) is 23.0 Å². The molecule has 0 saturated carbocycles. The lowest BCUT2D eigenvalue weighted by molar-refractivity contribution is -0.137. The number of carboxylic acid groups (broad SMARTS) is 1. The van der Waals surface area contributed by atoms with Crippen molar-refractivity contribution in [2.45, 2.75) is 38.6 Å². The first-order valence-corrected chi connectivity index (χ1v) is 13.7.